The predicted octanol–water partition coefficient (Wildman–Crippen LogP) is 1.84. The Morgan fingerprint density at radius 3 is 2.95 bits per heavy atom. The number of nitrogens with zero attached hydrogens (tertiary/aromatic N) is 2. The van der Waals surface area contributed by atoms with Gasteiger partial charge in [-0.1, -0.05) is 18.2 Å². The molecule has 5 heteroatoms. The van der Waals surface area contributed by atoms with Gasteiger partial charge < -0.3 is 19.0 Å². The summed E-state index contributed by atoms with van der Waals surface area (Å²) in [6, 6.07) is 9.54. The van der Waals surface area contributed by atoms with Crippen LogP contribution < -0.4 is 0 Å². The number of likely N-dealkylation sites (tertiary alicyclic amines) is 1. The molecule has 116 valence electrons. The quantitative estimate of drug-likeness (QED) is 0.806. The summed E-state index contributed by atoms with van der Waals surface area (Å²) >= 11 is 0. The zero-order valence-electron chi connectivity index (χ0n) is 12.7. The van der Waals surface area contributed by atoms with Gasteiger partial charge in [-0.3, -0.25) is 4.79 Å². The maximum Gasteiger partial charge on any atom is 0.289 e. The molecule has 2 saturated heterocycles. The van der Waals surface area contributed by atoms with Gasteiger partial charge in [-0.2, -0.15) is 0 Å². The van der Waals surface area contributed by atoms with E-state index in [2.05, 4.69) is 11.9 Å². The number of benzene rings is 1. The summed E-state index contributed by atoms with van der Waals surface area (Å²) in [6.07, 6.45) is 0.151. The molecule has 1 amide bonds. The van der Waals surface area contributed by atoms with Crippen LogP contribution in [0.2, 0.25) is 0 Å². The molecule has 0 radical (unpaired) electrons. The van der Waals surface area contributed by atoms with E-state index >= 15 is 0 Å². The highest BCUT2D eigenvalue weighted by molar-refractivity contribution is 5.96. The molecule has 4 rings (SSSR count). The second-order valence-corrected chi connectivity index (χ2v) is 6.29. The van der Waals surface area contributed by atoms with Crippen LogP contribution >= 0.6 is 0 Å². The van der Waals surface area contributed by atoms with E-state index in [-0.39, 0.29) is 12.0 Å². The van der Waals surface area contributed by atoms with Gasteiger partial charge in [0.15, 0.2) is 5.76 Å². The summed E-state index contributed by atoms with van der Waals surface area (Å²) in [4.78, 5) is 16.8. The molecule has 1 aromatic carbocycles. The Morgan fingerprint density at radius 2 is 2.09 bits per heavy atom. The van der Waals surface area contributed by atoms with Crippen molar-refractivity contribution in [3.8, 4) is 0 Å². The van der Waals surface area contributed by atoms with Gasteiger partial charge in [-0.15, -0.1) is 0 Å². The number of carbonyl (C=O) groups excluding carboxylic acids is 1. The highest BCUT2D eigenvalue weighted by atomic mass is 16.5. The monoisotopic (exact) mass is 300 g/mol. The number of carbonyl (C=O) groups is 1. The fraction of sp³-hybridized carbons (Fsp3) is 0.471. The predicted molar refractivity (Wildman–Crippen MR) is 82.8 cm³/mol. The van der Waals surface area contributed by atoms with Gasteiger partial charge in [0.2, 0.25) is 0 Å². The molecular formula is C17H20N2O3. The van der Waals surface area contributed by atoms with Crippen molar-refractivity contribution in [3.05, 3.63) is 36.1 Å². The number of fused-ring (bicyclic) bond motifs is 2. The Bertz CT molecular complexity index is 663. The third-order valence-corrected chi connectivity index (χ3v) is 4.66. The average molecular weight is 300 g/mol. The number of amides is 1. The van der Waals surface area contributed by atoms with E-state index in [9.17, 15) is 4.79 Å². The van der Waals surface area contributed by atoms with Gasteiger partial charge in [0.05, 0.1) is 12.7 Å². The summed E-state index contributed by atoms with van der Waals surface area (Å²) in [6.45, 7) is 4.09. The second-order valence-electron chi connectivity index (χ2n) is 6.29. The first-order valence-corrected chi connectivity index (χ1v) is 7.79. The number of likely N-dealkylation sites (N-methyl/N-ethyl adjacent to an activating group) is 1. The van der Waals surface area contributed by atoms with Crippen LogP contribution in [0.3, 0.4) is 0 Å². The summed E-state index contributed by atoms with van der Waals surface area (Å²) in [5.74, 6) is 0.780. The Labute approximate surface area is 129 Å². The van der Waals surface area contributed by atoms with E-state index in [0.717, 1.165) is 37.2 Å². The number of furan rings is 1. The van der Waals surface area contributed by atoms with Crippen LogP contribution in [0.1, 0.15) is 10.6 Å². The molecule has 0 aliphatic carbocycles. The first-order valence-electron chi connectivity index (χ1n) is 7.79. The standard InChI is InChI=1S/C17H20N2O3/c1-18-6-7-21-16-11-19(10-13(16)9-18)17(20)15-8-12-4-2-3-5-14(12)22-15/h2-5,8,13,16H,6-7,9-11H2,1H3/t13-,16+/m0/s1. The van der Waals surface area contributed by atoms with E-state index in [1.54, 1.807) is 0 Å². The number of ether oxygens (including phenoxy) is 1. The Morgan fingerprint density at radius 1 is 1.23 bits per heavy atom. The highest BCUT2D eigenvalue weighted by Crippen LogP contribution is 2.26. The maximum atomic E-state index is 12.7. The van der Waals surface area contributed by atoms with Crippen molar-refractivity contribution in [2.24, 2.45) is 5.92 Å². The van der Waals surface area contributed by atoms with Crippen LogP contribution in [0.15, 0.2) is 34.7 Å². The Balaban J connectivity index is 1.54. The van der Waals surface area contributed by atoms with Gasteiger partial charge in [0, 0.05) is 37.5 Å². The fourth-order valence-corrected chi connectivity index (χ4v) is 3.47. The lowest BCUT2D eigenvalue weighted by atomic mass is 10.1. The Hall–Kier alpha value is -1.85. The molecular weight excluding hydrogens is 280 g/mol. The van der Waals surface area contributed by atoms with E-state index < -0.39 is 0 Å². The summed E-state index contributed by atoms with van der Waals surface area (Å²) in [7, 11) is 2.11. The van der Waals surface area contributed by atoms with Crippen LogP contribution in [-0.2, 0) is 4.74 Å². The highest BCUT2D eigenvalue weighted by Gasteiger charge is 2.38. The van der Waals surface area contributed by atoms with E-state index in [0.29, 0.717) is 18.2 Å². The molecule has 1 aromatic heterocycles. The van der Waals surface area contributed by atoms with Crippen LogP contribution in [0.4, 0.5) is 0 Å². The Kier molecular flexibility index (Phi) is 3.39. The first kappa shape index (κ1) is 13.8. The number of rotatable bonds is 1. The maximum absolute atomic E-state index is 12.7. The first-order chi connectivity index (χ1) is 10.7. The van der Waals surface area contributed by atoms with Crippen molar-refractivity contribution >= 4 is 16.9 Å². The third-order valence-electron chi connectivity index (χ3n) is 4.66. The second kappa shape index (κ2) is 5.41. The van der Waals surface area contributed by atoms with Gasteiger partial charge in [0.25, 0.3) is 5.91 Å². The molecule has 0 saturated carbocycles. The molecule has 0 bridgehead atoms. The lowest BCUT2D eigenvalue weighted by molar-refractivity contribution is 0.0481. The molecule has 2 aromatic rings. The normalized spacial score (nSPS) is 26.1. The van der Waals surface area contributed by atoms with E-state index in [1.165, 1.54) is 0 Å². The van der Waals surface area contributed by atoms with Crippen molar-refractivity contribution in [3.63, 3.8) is 0 Å². The minimum Gasteiger partial charge on any atom is -0.451 e. The average Bonchev–Trinajstić information content (AvgIpc) is 3.07. The lowest BCUT2D eigenvalue weighted by Crippen LogP contribution is -2.32. The number of hydrogen-bond donors (Lipinski definition) is 0. The van der Waals surface area contributed by atoms with Crippen molar-refractivity contribution in [2.45, 2.75) is 6.10 Å². The molecule has 0 N–H and O–H groups in total. The summed E-state index contributed by atoms with van der Waals surface area (Å²) < 4.78 is 11.6. The van der Waals surface area contributed by atoms with Gasteiger partial charge in [-0.25, -0.2) is 0 Å². The molecule has 2 fully saturated rings. The lowest BCUT2D eigenvalue weighted by Gasteiger charge is -2.18. The molecule has 0 unspecified atom stereocenters. The van der Waals surface area contributed by atoms with E-state index in [4.69, 9.17) is 9.15 Å². The van der Waals surface area contributed by atoms with Crippen LogP contribution in [0, 0.1) is 5.92 Å². The largest absolute Gasteiger partial charge is 0.451 e. The fourth-order valence-electron chi connectivity index (χ4n) is 3.47. The third kappa shape index (κ3) is 2.40. The molecule has 3 heterocycles. The molecule has 22 heavy (non-hydrogen) atoms. The van der Waals surface area contributed by atoms with Gasteiger partial charge in [-0.05, 0) is 19.2 Å². The van der Waals surface area contributed by atoms with Crippen LogP contribution in [0.25, 0.3) is 11.0 Å². The molecule has 0 spiro atoms. The van der Waals surface area contributed by atoms with Crippen LogP contribution in [0.5, 0.6) is 0 Å². The van der Waals surface area contributed by atoms with Gasteiger partial charge in [0.1, 0.15) is 5.58 Å². The van der Waals surface area contributed by atoms with Crippen molar-refractivity contribution in [1.82, 2.24) is 9.80 Å². The number of hydrogen-bond acceptors (Lipinski definition) is 4. The minimum absolute atomic E-state index is 0.0319. The summed E-state index contributed by atoms with van der Waals surface area (Å²) in [5, 5.41) is 0.968. The van der Waals surface area contributed by atoms with Crippen molar-refractivity contribution in [1.29, 1.82) is 0 Å². The van der Waals surface area contributed by atoms with Crippen LogP contribution in [-0.4, -0.2) is 61.6 Å². The summed E-state index contributed by atoms with van der Waals surface area (Å²) in [5.41, 5.74) is 0.759. The smallest absolute Gasteiger partial charge is 0.289 e. The zero-order chi connectivity index (χ0) is 15.1. The van der Waals surface area contributed by atoms with Crippen molar-refractivity contribution < 1.29 is 13.9 Å². The SMILES string of the molecule is CN1CCO[C@@H]2CN(C(=O)c3cc4ccccc4o3)C[C@@H]2C1. The van der Waals surface area contributed by atoms with E-state index in [1.807, 2.05) is 35.2 Å². The molecule has 2 aliphatic heterocycles. The number of para-hydroxylation sites is 1. The topological polar surface area (TPSA) is 45.9 Å². The minimum atomic E-state index is -0.0319. The van der Waals surface area contributed by atoms with Crippen molar-refractivity contribution in [2.75, 3.05) is 39.8 Å². The zero-order valence-corrected chi connectivity index (χ0v) is 12.7. The molecule has 5 nitrogen and oxygen atoms in total. The molecule has 2 atom stereocenters. The van der Waals surface area contributed by atoms with Gasteiger partial charge >= 0.3 is 0 Å². The molecule has 2 aliphatic rings.